The zero-order chi connectivity index (χ0) is 23.8. The first-order valence-corrected chi connectivity index (χ1v) is 12.6. The molecule has 5 rings (SSSR count). The van der Waals surface area contributed by atoms with Crippen molar-refractivity contribution in [3.8, 4) is 5.69 Å². The van der Waals surface area contributed by atoms with Crippen molar-refractivity contribution in [3.63, 3.8) is 0 Å². The first kappa shape index (κ1) is 22.5. The van der Waals surface area contributed by atoms with E-state index in [1.807, 2.05) is 46.8 Å². The summed E-state index contributed by atoms with van der Waals surface area (Å²) in [7, 11) is 0. The predicted molar refractivity (Wildman–Crippen MR) is 136 cm³/mol. The summed E-state index contributed by atoms with van der Waals surface area (Å²) in [5.41, 5.74) is 6.27. The van der Waals surface area contributed by atoms with E-state index in [0.29, 0.717) is 18.8 Å². The number of benzene rings is 2. The third kappa shape index (κ3) is 4.07. The number of carbonyl (C=O) groups excluding carboxylic acids is 2. The second-order valence-electron chi connectivity index (χ2n) is 8.84. The number of hydrogen-bond donors (Lipinski definition) is 0. The van der Waals surface area contributed by atoms with E-state index < -0.39 is 0 Å². The van der Waals surface area contributed by atoms with Crippen LogP contribution in [0.25, 0.3) is 5.69 Å². The lowest BCUT2D eigenvalue weighted by Crippen LogP contribution is -2.52. The van der Waals surface area contributed by atoms with E-state index in [9.17, 15) is 9.59 Å². The van der Waals surface area contributed by atoms with Gasteiger partial charge in [-0.3, -0.25) is 14.5 Å². The summed E-state index contributed by atoms with van der Waals surface area (Å²) >= 11 is 1.48. The molecular weight excluding hydrogens is 446 g/mol. The van der Waals surface area contributed by atoms with Gasteiger partial charge < -0.3 is 9.80 Å². The minimum atomic E-state index is -0.0458. The van der Waals surface area contributed by atoms with Crippen molar-refractivity contribution in [3.05, 3.63) is 65.4 Å². The van der Waals surface area contributed by atoms with Crippen molar-refractivity contribution in [2.45, 2.75) is 25.8 Å². The lowest BCUT2D eigenvalue weighted by atomic mass is 10.1. The van der Waals surface area contributed by atoms with Crippen LogP contribution < -0.4 is 9.80 Å². The smallest absolute Gasteiger partial charge is 0.242 e. The zero-order valence-corrected chi connectivity index (χ0v) is 20.6. The molecule has 7 nitrogen and oxygen atoms in total. The summed E-state index contributed by atoms with van der Waals surface area (Å²) in [6.45, 7) is 9.11. The highest BCUT2D eigenvalue weighted by Gasteiger charge is 2.34. The number of para-hydroxylation sites is 1. The largest absolute Gasteiger partial charge is 0.368 e. The van der Waals surface area contributed by atoms with Crippen molar-refractivity contribution < 1.29 is 9.59 Å². The first-order valence-electron chi connectivity index (χ1n) is 11.6. The lowest BCUT2D eigenvalue weighted by molar-refractivity contribution is -0.131. The molecule has 0 aliphatic carbocycles. The van der Waals surface area contributed by atoms with Crippen molar-refractivity contribution in [2.24, 2.45) is 0 Å². The van der Waals surface area contributed by atoms with Gasteiger partial charge in [-0.2, -0.15) is 5.10 Å². The van der Waals surface area contributed by atoms with Crippen LogP contribution >= 0.6 is 11.8 Å². The zero-order valence-electron chi connectivity index (χ0n) is 19.8. The van der Waals surface area contributed by atoms with Gasteiger partial charge in [0.15, 0.2) is 0 Å². The molecule has 0 saturated carbocycles. The molecule has 8 heteroatoms. The van der Waals surface area contributed by atoms with Gasteiger partial charge in [-0.25, -0.2) is 4.68 Å². The van der Waals surface area contributed by atoms with Crippen LogP contribution in [0.1, 0.15) is 16.8 Å². The number of fused-ring (bicyclic) bond motifs is 1. The molecule has 34 heavy (non-hydrogen) atoms. The molecule has 0 unspecified atom stereocenters. The Morgan fingerprint density at radius 3 is 2.44 bits per heavy atom. The van der Waals surface area contributed by atoms with Crippen molar-refractivity contribution >= 4 is 35.0 Å². The SMILES string of the molecule is Cc1cccc(N2CCN(C(=O)CN3C(=O)CSc4c3c(C)nn4-c3ccccc3)CC2)c1C. The number of carbonyl (C=O) groups is 2. The predicted octanol–water partition coefficient (Wildman–Crippen LogP) is 3.59. The quantitative estimate of drug-likeness (QED) is 0.577. The highest BCUT2D eigenvalue weighted by Crippen LogP contribution is 2.39. The number of nitrogens with zero attached hydrogens (tertiary/aromatic N) is 5. The van der Waals surface area contributed by atoms with Crippen molar-refractivity contribution in [1.29, 1.82) is 0 Å². The van der Waals surface area contributed by atoms with E-state index in [0.717, 1.165) is 35.2 Å². The third-order valence-electron chi connectivity index (χ3n) is 6.73. The Hall–Kier alpha value is -3.26. The monoisotopic (exact) mass is 475 g/mol. The van der Waals surface area contributed by atoms with Gasteiger partial charge in [-0.05, 0) is 50.1 Å². The maximum Gasteiger partial charge on any atom is 0.242 e. The number of amides is 2. The van der Waals surface area contributed by atoms with Crippen LogP contribution in [0.15, 0.2) is 53.6 Å². The number of thioether (sulfide) groups is 1. The maximum absolute atomic E-state index is 13.3. The van der Waals surface area contributed by atoms with Gasteiger partial charge in [0.2, 0.25) is 11.8 Å². The van der Waals surface area contributed by atoms with Crippen LogP contribution in [0, 0.1) is 20.8 Å². The second kappa shape index (κ2) is 9.18. The van der Waals surface area contributed by atoms with Crippen molar-refractivity contribution in [2.75, 3.05) is 48.3 Å². The minimum Gasteiger partial charge on any atom is -0.368 e. The van der Waals surface area contributed by atoms with Gasteiger partial charge in [-0.15, -0.1) is 0 Å². The Bertz CT molecular complexity index is 1230. The first-order chi connectivity index (χ1) is 16.4. The van der Waals surface area contributed by atoms with E-state index in [4.69, 9.17) is 5.10 Å². The molecular formula is C26H29N5O2S. The fraction of sp³-hybridized carbons (Fsp3) is 0.346. The van der Waals surface area contributed by atoms with Gasteiger partial charge in [0, 0.05) is 31.9 Å². The maximum atomic E-state index is 13.3. The van der Waals surface area contributed by atoms with Gasteiger partial charge in [0.25, 0.3) is 0 Å². The average molecular weight is 476 g/mol. The summed E-state index contributed by atoms with van der Waals surface area (Å²) in [5, 5.41) is 5.61. The molecule has 0 bridgehead atoms. The molecule has 1 saturated heterocycles. The van der Waals surface area contributed by atoms with Crippen LogP contribution in [0.3, 0.4) is 0 Å². The summed E-state index contributed by atoms with van der Waals surface area (Å²) in [5.74, 6) is 0.243. The Morgan fingerprint density at radius 1 is 0.971 bits per heavy atom. The van der Waals surface area contributed by atoms with E-state index >= 15 is 0 Å². The van der Waals surface area contributed by atoms with E-state index in [1.54, 1.807) is 4.90 Å². The van der Waals surface area contributed by atoms with E-state index in [2.05, 4.69) is 36.9 Å². The minimum absolute atomic E-state index is 0.0151. The summed E-state index contributed by atoms with van der Waals surface area (Å²) in [6.07, 6.45) is 0. The van der Waals surface area contributed by atoms with E-state index in [-0.39, 0.29) is 18.4 Å². The summed E-state index contributed by atoms with van der Waals surface area (Å²) < 4.78 is 1.88. The molecule has 2 aromatic carbocycles. The number of anilines is 2. The van der Waals surface area contributed by atoms with Crippen LogP contribution in [-0.4, -0.2) is 65.0 Å². The number of hydrogen-bond acceptors (Lipinski definition) is 5. The highest BCUT2D eigenvalue weighted by atomic mass is 32.2. The summed E-state index contributed by atoms with van der Waals surface area (Å²) in [6, 6.07) is 16.3. The normalized spacial score (nSPS) is 16.1. The third-order valence-corrected chi connectivity index (χ3v) is 7.77. The Morgan fingerprint density at radius 2 is 1.71 bits per heavy atom. The van der Waals surface area contributed by atoms with Crippen LogP contribution in [0.4, 0.5) is 11.4 Å². The number of aromatic nitrogens is 2. The Balaban J connectivity index is 1.31. The highest BCUT2D eigenvalue weighted by molar-refractivity contribution is 8.00. The lowest BCUT2D eigenvalue weighted by Gasteiger charge is -2.38. The fourth-order valence-electron chi connectivity index (χ4n) is 4.69. The number of rotatable bonds is 4. The molecule has 1 aromatic heterocycles. The molecule has 2 aliphatic heterocycles. The fourth-order valence-corrected chi connectivity index (χ4v) is 5.77. The second-order valence-corrected chi connectivity index (χ2v) is 9.81. The van der Waals surface area contributed by atoms with Gasteiger partial charge in [0.1, 0.15) is 11.6 Å². The Labute approximate surface area is 204 Å². The van der Waals surface area contributed by atoms with E-state index in [1.165, 1.54) is 28.6 Å². The van der Waals surface area contributed by atoms with Gasteiger partial charge in [-0.1, -0.05) is 42.1 Å². The van der Waals surface area contributed by atoms with Crippen LogP contribution in [0.2, 0.25) is 0 Å². The van der Waals surface area contributed by atoms with Crippen LogP contribution in [0.5, 0.6) is 0 Å². The molecule has 2 amide bonds. The van der Waals surface area contributed by atoms with Gasteiger partial charge >= 0.3 is 0 Å². The molecule has 0 N–H and O–H groups in total. The molecule has 2 aliphatic rings. The topological polar surface area (TPSA) is 61.7 Å². The number of piperazine rings is 1. The van der Waals surface area contributed by atoms with Gasteiger partial charge in [0.05, 0.1) is 22.8 Å². The molecule has 0 atom stereocenters. The molecule has 0 radical (unpaired) electrons. The average Bonchev–Trinajstić information content (AvgIpc) is 3.20. The molecule has 3 heterocycles. The molecule has 176 valence electrons. The van der Waals surface area contributed by atoms with Crippen LogP contribution in [-0.2, 0) is 9.59 Å². The summed E-state index contributed by atoms with van der Waals surface area (Å²) in [4.78, 5) is 32.0. The molecule has 1 fully saturated rings. The molecule has 0 spiro atoms. The number of aryl methyl sites for hydroxylation is 2. The molecule has 3 aromatic rings. The standard InChI is InChI=1S/C26H29N5O2S/c1-18-8-7-11-22(19(18)2)28-12-14-29(15-13-28)23(32)16-30-24(33)17-34-26-25(30)20(3)27-31(26)21-9-5-4-6-10-21/h4-11H,12-17H2,1-3H3. The van der Waals surface area contributed by atoms with Crippen molar-refractivity contribution in [1.82, 2.24) is 14.7 Å². The Kier molecular flexibility index (Phi) is 6.08.